The Balaban J connectivity index is 1.76. The Morgan fingerprint density at radius 1 is 1.20 bits per heavy atom. The molecule has 2 heteroatoms. The van der Waals surface area contributed by atoms with Crippen molar-refractivity contribution in [2.75, 3.05) is 19.7 Å². The number of benzene rings is 1. The second-order valence-corrected chi connectivity index (χ2v) is 4.32. The van der Waals surface area contributed by atoms with Gasteiger partial charge < -0.3 is 10.4 Å². The Morgan fingerprint density at radius 2 is 1.87 bits per heavy atom. The van der Waals surface area contributed by atoms with Gasteiger partial charge in [-0.05, 0) is 49.4 Å². The smallest absolute Gasteiger partial charge is 0.0443 e. The molecule has 1 aliphatic carbocycles. The van der Waals surface area contributed by atoms with Crippen LogP contribution < -0.4 is 5.32 Å². The topological polar surface area (TPSA) is 32.3 Å². The van der Waals surface area contributed by atoms with Gasteiger partial charge in [0.25, 0.3) is 0 Å². The lowest BCUT2D eigenvalue weighted by Crippen LogP contribution is -2.24. The predicted octanol–water partition coefficient (Wildman–Crippen LogP) is 1.37. The molecular formula is C13H19NO. The van der Waals surface area contributed by atoms with E-state index in [1.807, 2.05) is 0 Å². The SMILES string of the molecule is OCCCNCC1Cc2ccccc2C1. The molecule has 2 rings (SSSR count). The van der Waals surface area contributed by atoms with Crippen LogP contribution in [0.5, 0.6) is 0 Å². The summed E-state index contributed by atoms with van der Waals surface area (Å²) in [5.41, 5.74) is 3.04. The molecule has 0 amide bonds. The highest BCUT2D eigenvalue weighted by Gasteiger charge is 2.19. The second kappa shape index (κ2) is 5.29. The summed E-state index contributed by atoms with van der Waals surface area (Å²) in [6.45, 7) is 2.30. The third-order valence-electron chi connectivity index (χ3n) is 3.08. The summed E-state index contributed by atoms with van der Waals surface area (Å²) >= 11 is 0. The van der Waals surface area contributed by atoms with E-state index < -0.39 is 0 Å². The molecule has 0 saturated heterocycles. The van der Waals surface area contributed by atoms with E-state index in [9.17, 15) is 0 Å². The molecular weight excluding hydrogens is 186 g/mol. The molecule has 0 spiro atoms. The summed E-state index contributed by atoms with van der Waals surface area (Å²) in [4.78, 5) is 0. The van der Waals surface area contributed by atoms with Crippen molar-refractivity contribution in [2.24, 2.45) is 5.92 Å². The van der Waals surface area contributed by atoms with Gasteiger partial charge in [0.1, 0.15) is 0 Å². The average molecular weight is 205 g/mol. The number of fused-ring (bicyclic) bond motifs is 1. The molecule has 1 aromatic rings. The second-order valence-electron chi connectivity index (χ2n) is 4.32. The van der Waals surface area contributed by atoms with Crippen molar-refractivity contribution in [3.63, 3.8) is 0 Å². The van der Waals surface area contributed by atoms with Gasteiger partial charge in [-0.15, -0.1) is 0 Å². The Labute approximate surface area is 91.3 Å². The van der Waals surface area contributed by atoms with E-state index in [1.54, 1.807) is 0 Å². The molecule has 82 valence electrons. The summed E-state index contributed by atoms with van der Waals surface area (Å²) in [5, 5.41) is 12.1. The normalized spacial score (nSPS) is 15.5. The van der Waals surface area contributed by atoms with Crippen molar-refractivity contribution in [3.8, 4) is 0 Å². The van der Waals surface area contributed by atoms with Crippen LogP contribution in [0, 0.1) is 5.92 Å². The lowest BCUT2D eigenvalue weighted by Gasteiger charge is -2.09. The zero-order valence-electron chi connectivity index (χ0n) is 9.08. The standard InChI is InChI=1S/C13H19NO/c15-7-3-6-14-10-11-8-12-4-1-2-5-13(12)9-11/h1-2,4-5,11,14-15H,3,6-10H2. The third-order valence-corrected chi connectivity index (χ3v) is 3.08. The van der Waals surface area contributed by atoms with Gasteiger partial charge in [-0.1, -0.05) is 24.3 Å². The molecule has 0 unspecified atom stereocenters. The quantitative estimate of drug-likeness (QED) is 0.712. The summed E-state index contributed by atoms with van der Waals surface area (Å²) in [7, 11) is 0. The summed E-state index contributed by atoms with van der Waals surface area (Å²) in [6, 6.07) is 8.73. The molecule has 0 bridgehead atoms. The van der Waals surface area contributed by atoms with Crippen molar-refractivity contribution >= 4 is 0 Å². The zero-order chi connectivity index (χ0) is 10.5. The number of hydrogen-bond acceptors (Lipinski definition) is 2. The van der Waals surface area contributed by atoms with Crippen LogP contribution in [0.2, 0.25) is 0 Å². The van der Waals surface area contributed by atoms with Crippen LogP contribution in [-0.4, -0.2) is 24.8 Å². The monoisotopic (exact) mass is 205 g/mol. The third kappa shape index (κ3) is 2.80. The van der Waals surface area contributed by atoms with Gasteiger partial charge in [-0.2, -0.15) is 0 Å². The number of hydrogen-bond donors (Lipinski definition) is 2. The molecule has 0 aliphatic heterocycles. The van der Waals surface area contributed by atoms with Gasteiger partial charge in [0.2, 0.25) is 0 Å². The first kappa shape index (κ1) is 10.7. The fraction of sp³-hybridized carbons (Fsp3) is 0.538. The van der Waals surface area contributed by atoms with Gasteiger partial charge >= 0.3 is 0 Å². The van der Waals surface area contributed by atoms with Crippen molar-refractivity contribution in [3.05, 3.63) is 35.4 Å². The molecule has 0 heterocycles. The highest BCUT2D eigenvalue weighted by atomic mass is 16.3. The number of aliphatic hydroxyl groups excluding tert-OH is 1. The maximum absolute atomic E-state index is 8.66. The van der Waals surface area contributed by atoms with Crippen molar-refractivity contribution < 1.29 is 5.11 Å². The Bertz CT molecular complexity index is 286. The van der Waals surface area contributed by atoms with E-state index in [0.717, 1.165) is 25.4 Å². The molecule has 0 atom stereocenters. The van der Waals surface area contributed by atoms with Crippen LogP contribution in [0.1, 0.15) is 17.5 Å². The van der Waals surface area contributed by atoms with Crippen molar-refractivity contribution in [1.82, 2.24) is 5.32 Å². The molecule has 0 saturated carbocycles. The van der Waals surface area contributed by atoms with Crippen LogP contribution in [-0.2, 0) is 12.8 Å². The van der Waals surface area contributed by atoms with Gasteiger partial charge in [0.15, 0.2) is 0 Å². The largest absolute Gasteiger partial charge is 0.396 e. The van der Waals surface area contributed by atoms with Crippen LogP contribution in [0.25, 0.3) is 0 Å². The summed E-state index contributed by atoms with van der Waals surface area (Å²) < 4.78 is 0. The average Bonchev–Trinajstić information content (AvgIpc) is 2.67. The Morgan fingerprint density at radius 3 is 2.47 bits per heavy atom. The molecule has 0 radical (unpaired) electrons. The molecule has 0 aromatic heterocycles. The van der Waals surface area contributed by atoms with Crippen LogP contribution >= 0.6 is 0 Å². The maximum Gasteiger partial charge on any atom is 0.0443 e. The van der Waals surface area contributed by atoms with E-state index in [4.69, 9.17) is 5.11 Å². The van der Waals surface area contributed by atoms with E-state index in [-0.39, 0.29) is 6.61 Å². The molecule has 0 fully saturated rings. The maximum atomic E-state index is 8.66. The highest BCUT2D eigenvalue weighted by molar-refractivity contribution is 5.32. The van der Waals surface area contributed by atoms with E-state index in [0.29, 0.717) is 0 Å². The molecule has 1 aromatic carbocycles. The summed E-state index contributed by atoms with van der Waals surface area (Å²) in [6.07, 6.45) is 3.28. The minimum Gasteiger partial charge on any atom is -0.396 e. The number of rotatable bonds is 5. The van der Waals surface area contributed by atoms with Gasteiger partial charge in [-0.3, -0.25) is 0 Å². The lowest BCUT2D eigenvalue weighted by atomic mass is 10.1. The molecule has 2 N–H and O–H groups in total. The number of nitrogens with one attached hydrogen (secondary N) is 1. The van der Waals surface area contributed by atoms with Crippen LogP contribution in [0.4, 0.5) is 0 Å². The number of aliphatic hydroxyl groups is 1. The van der Waals surface area contributed by atoms with Gasteiger partial charge in [-0.25, -0.2) is 0 Å². The van der Waals surface area contributed by atoms with E-state index >= 15 is 0 Å². The minimum absolute atomic E-state index is 0.290. The first-order chi connectivity index (χ1) is 7.40. The van der Waals surface area contributed by atoms with E-state index in [2.05, 4.69) is 29.6 Å². The lowest BCUT2D eigenvalue weighted by molar-refractivity contribution is 0.284. The first-order valence-corrected chi connectivity index (χ1v) is 5.78. The molecule has 2 nitrogen and oxygen atoms in total. The van der Waals surface area contributed by atoms with E-state index in [1.165, 1.54) is 24.0 Å². The van der Waals surface area contributed by atoms with Crippen LogP contribution in [0.3, 0.4) is 0 Å². The fourth-order valence-corrected chi connectivity index (χ4v) is 2.30. The highest BCUT2D eigenvalue weighted by Crippen LogP contribution is 2.25. The van der Waals surface area contributed by atoms with Crippen LogP contribution in [0.15, 0.2) is 24.3 Å². The first-order valence-electron chi connectivity index (χ1n) is 5.78. The van der Waals surface area contributed by atoms with Gasteiger partial charge in [0.05, 0.1) is 0 Å². The Hall–Kier alpha value is -0.860. The fourth-order valence-electron chi connectivity index (χ4n) is 2.30. The Kier molecular flexibility index (Phi) is 3.75. The molecule has 1 aliphatic rings. The molecule has 15 heavy (non-hydrogen) atoms. The zero-order valence-corrected chi connectivity index (χ0v) is 9.08. The van der Waals surface area contributed by atoms with Crippen molar-refractivity contribution in [2.45, 2.75) is 19.3 Å². The summed E-state index contributed by atoms with van der Waals surface area (Å²) in [5.74, 6) is 0.751. The predicted molar refractivity (Wildman–Crippen MR) is 61.9 cm³/mol. The minimum atomic E-state index is 0.290. The van der Waals surface area contributed by atoms with Crippen molar-refractivity contribution in [1.29, 1.82) is 0 Å². The van der Waals surface area contributed by atoms with Gasteiger partial charge in [0, 0.05) is 6.61 Å².